The predicted octanol–water partition coefficient (Wildman–Crippen LogP) is 5.02. The molecule has 1 aromatic heterocycles. The number of nitrogens with zero attached hydrogens (tertiary/aromatic N) is 2. The van der Waals surface area contributed by atoms with E-state index >= 15 is 0 Å². The molecule has 3 aromatic rings. The molecular formula is C22H23FN4O2. The van der Waals surface area contributed by atoms with Crippen molar-refractivity contribution in [3.05, 3.63) is 54.3 Å². The van der Waals surface area contributed by atoms with Gasteiger partial charge in [-0.05, 0) is 68.3 Å². The summed E-state index contributed by atoms with van der Waals surface area (Å²) in [6.07, 6.45) is 2.27. The van der Waals surface area contributed by atoms with Crippen LogP contribution in [0.3, 0.4) is 0 Å². The standard InChI is InChI=1S/C22H23FN4O2/c1-2-29-18-8-6-16(7-9-18)24-22(28)25-17-13-15-5-10-20(27-11-3-4-12-27)26-21(15)19(23)14-17/h5-10,13-14H,2-4,11-12H2,1H3,(H2,24,25,28). The number of anilines is 3. The molecule has 150 valence electrons. The molecule has 1 aliphatic heterocycles. The smallest absolute Gasteiger partial charge is 0.323 e. The molecule has 2 amide bonds. The molecule has 7 heteroatoms. The van der Waals surface area contributed by atoms with Gasteiger partial charge in [-0.1, -0.05) is 0 Å². The van der Waals surface area contributed by atoms with Crippen molar-refractivity contribution in [2.24, 2.45) is 0 Å². The summed E-state index contributed by atoms with van der Waals surface area (Å²) < 4.78 is 20.0. The van der Waals surface area contributed by atoms with Crippen molar-refractivity contribution in [3.8, 4) is 5.75 Å². The minimum atomic E-state index is -0.458. The van der Waals surface area contributed by atoms with Crippen LogP contribution in [0.25, 0.3) is 10.9 Å². The first-order valence-corrected chi connectivity index (χ1v) is 9.78. The second-order valence-electron chi connectivity index (χ2n) is 6.93. The summed E-state index contributed by atoms with van der Waals surface area (Å²) in [5.41, 5.74) is 1.30. The number of nitrogens with one attached hydrogen (secondary N) is 2. The van der Waals surface area contributed by atoms with Gasteiger partial charge < -0.3 is 20.3 Å². The lowest BCUT2D eigenvalue weighted by Crippen LogP contribution is -2.20. The van der Waals surface area contributed by atoms with Gasteiger partial charge in [0.2, 0.25) is 0 Å². The third-order valence-electron chi connectivity index (χ3n) is 4.84. The van der Waals surface area contributed by atoms with Crippen molar-refractivity contribution in [1.29, 1.82) is 0 Å². The molecule has 0 unspecified atom stereocenters. The molecule has 2 heterocycles. The van der Waals surface area contributed by atoms with E-state index in [0.717, 1.165) is 37.5 Å². The number of benzene rings is 2. The zero-order valence-electron chi connectivity index (χ0n) is 16.2. The molecule has 0 radical (unpaired) electrons. The quantitative estimate of drug-likeness (QED) is 0.638. The lowest BCUT2D eigenvalue weighted by molar-refractivity contribution is 0.262. The van der Waals surface area contributed by atoms with Gasteiger partial charge >= 0.3 is 6.03 Å². The highest BCUT2D eigenvalue weighted by molar-refractivity contribution is 6.01. The van der Waals surface area contributed by atoms with Crippen molar-refractivity contribution in [1.82, 2.24) is 4.98 Å². The topological polar surface area (TPSA) is 66.5 Å². The highest BCUT2D eigenvalue weighted by atomic mass is 19.1. The number of pyridine rings is 1. The van der Waals surface area contributed by atoms with Crippen molar-refractivity contribution in [3.63, 3.8) is 0 Å². The number of rotatable bonds is 5. The predicted molar refractivity (Wildman–Crippen MR) is 113 cm³/mol. The Kier molecular flexibility index (Phi) is 5.46. The number of halogens is 1. The SMILES string of the molecule is CCOc1ccc(NC(=O)Nc2cc(F)c3nc(N4CCCC4)ccc3c2)cc1. The van der Waals surface area contributed by atoms with Crippen LogP contribution in [0.4, 0.5) is 26.4 Å². The van der Waals surface area contributed by atoms with Crippen molar-refractivity contribution in [2.75, 3.05) is 35.2 Å². The molecule has 2 N–H and O–H groups in total. The first-order chi connectivity index (χ1) is 14.1. The van der Waals surface area contributed by atoms with E-state index in [2.05, 4.69) is 20.5 Å². The summed E-state index contributed by atoms with van der Waals surface area (Å²) >= 11 is 0. The van der Waals surface area contributed by atoms with Crippen LogP contribution in [0.2, 0.25) is 0 Å². The fourth-order valence-electron chi connectivity index (χ4n) is 3.47. The van der Waals surface area contributed by atoms with Crippen LogP contribution in [0.1, 0.15) is 19.8 Å². The third kappa shape index (κ3) is 4.39. The normalized spacial score (nSPS) is 13.5. The Balaban J connectivity index is 1.47. The number of aromatic nitrogens is 1. The molecule has 0 aliphatic carbocycles. The fourth-order valence-corrected chi connectivity index (χ4v) is 3.47. The number of urea groups is 1. The Morgan fingerprint density at radius 1 is 1.07 bits per heavy atom. The van der Waals surface area contributed by atoms with Gasteiger partial charge in [-0.25, -0.2) is 14.2 Å². The molecule has 0 saturated carbocycles. The van der Waals surface area contributed by atoms with E-state index < -0.39 is 11.8 Å². The van der Waals surface area contributed by atoms with Crippen molar-refractivity contribution in [2.45, 2.75) is 19.8 Å². The second kappa shape index (κ2) is 8.34. The molecule has 0 bridgehead atoms. The molecule has 1 fully saturated rings. The van der Waals surface area contributed by atoms with Gasteiger partial charge in [0.25, 0.3) is 0 Å². The van der Waals surface area contributed by atoms with Crippen LogP contribution >= 0.6 is 0 Å². The molecule has 4 rings (SSSR count). The molecule has 0 atom stereocenters. The number of hydrogen-bond donors (Lipinski definition) is 2. The van der Waals surface area contributed by atoms with E-state index in [1.807, 2.05) is 19.1 Å². The average Bonchev–Trinajstić information content (AvgIpc) is 3.24. The van der Waals surface area contributed by atoms with E-state index in [1.54, 1.807) is 30.3 Å². The van der Waals surface area contributed by atoms with E-state index in [0.29, 0.717) is 28.9 Å². The Bertz CT molecular complexity index is 1020. The summed E-state index contributed by atoms with van der Waals surface area (Å²) in [7, 11) is 0. The first-order valence-electron chi connectivity index (χ1n) is 9.78. The Hall–Kier alpha value is -3.35. The zero-order chi connectivity index (χ0) is 20.2. The monoisotopic (exact) mass is 394 g/mol. The van der Waals surface area contributed by atoms with Crippen LogP contribution in [0.5, 0.6) is 5.75 Å². The van der Waals surface area contributed by atoms with Crippen molar-refractivity contribution >= 4 is 34.1 Å². The van der Waals surface area contributed by atoms with E-state index in [9.17, 15) is 9.18 Å². The van der Waals surface area contributed by atoms with Crippen LogP contribution in [0, 0.1) is 5.82 Å². The largest absolute Gasteiger partial charge is 0.494 e. The van der Waals surface area contributed by atoms with Gasteiger partial charge in [-0.15, -0.1) is 0 Å². The van der Waals surface area contributed by atoms with Gasteiger partial charge in [0.1, 0.15) is 17.1 Å². The van der Waals surface area contributed by atoms with Crippen LogP contribution in [0.15, 0.2) is 48.5 Å². The molecule has 2 aromatic carbocycles. The van der Waals surface area contributed by atoms with Gasteiger partial charge in [0, 0.05) is 29.9 Å². The highest BCUT2D eigenvalue weighted by Gasteiger charge is 2.15. The lowest BCUT2D eigenvalue weighted by Gasteiger charge is -2.17. The Morgan fingerprint density at radius 2 is 1.79 bits per heavy atom. The average molecular weight is 394 g/mol. The van der Waals surface area contributed by atoms with E-state index in [-0.39, 0.29) is 0 Å². The maximum absolute atomic E-state index is 14.6. The summed E-state index contributed by atoms with van der Waals surface area (Å²) in [6.45, 7) is 4.39. The van der Waals surface area contributed by atoms with Gasteiger partial charge in [0.15, 0.2) is 5.82 Å². The molecule has 1 saturated heterocycles. The number of amides is 2. The maximum atomic E-state index is 14.6. The Morgan fingerprint density at radius 3 is 2.52 bits per heavy atom. The van der Waals surface area contributed by atoms with E-state index in [1.165, 1.54) is 6.07 Å². The summed E-state index contributed by atoms with van der Waals surface area (Å²) in [5, 5.41) is 6.04. The molecular weight excluding hydrogens is 371 g/mol. The number of hydrogen-bond acceptors (Lipinski definition) is 4. The second-order valence-corrected chi connectivity index (χ2v) is 6.93. The lowest BCUT2D eigenvalue weighted by atomic mass is 10.2. The number of ether oxygens (including phenoxy) is 1. The summed E-state index contributed by atoms with van der Waals surface area (Å²) in [6, 6.07) is 13.3. The highest BCUT2D eigenvalue weighted by Crippen LogP contribution is 2.26. The molecule has 0 spiro atoms. The van der Waals surface area contributed by atoms with Gasteiger partial charge in [-0.2, -0.15) is 0 Å². The Labute approximate surface area is 168 Å². The van der Waals surface area contributed by atoms with Gasteiger partial charge in [-0.3, -0.25) is 0 Å². The van der Waals surface area contributed by atoms with Crippen LogP contribution < -0.4 is 20.3 Å². The van der Waals surface area contributed by atoms with Crippen molar-refractivity contribution < 1.29 is 13.9 Å². The number of carbonyl (C=O) groups is 1. The van der Waals surface area contributed by atoms with Crippen LogP contribution in [-0.4, -0.2) is 30.7 Å². The summed E-state index contributed by atoms with van der Waals surface area (Å²) in [5.74, 6) is 1.07. The summed E-state index contributed by atoms with van der Waals surface area (Å²) in [4.78, 5) is 18.9. The minimum absolute atomic E-state index is 0.312. The van der Waals surface area contributed by atoms with Gasteiger partial charge in [0.05, 0.1) is 6.61 Å². The first kappa shape index (κ1) is 19.0. The number of carbonyl (C=O) groups excluding carboxylic acids is 1. The molecule has 1 aliphatic rings. The third-order valence-corrected chi connectivity index (χ3v) is 4.84. The minimum Gasteiger partial charge on any atom is -0.494 e. The maximum Gasteiger partial charge on any atom is 0.323 e. The molecule has 29 heavy (non-hydrogen) atoms. The number of fused-ring (bicyclic) bond motifs is 1. The molecule has 6 nitrogen and oxygen atoms in total. The zero-order valence-corrected chi connectivity index (χ0v) is 16.2. The van der Waals surface area contributed by atoms with Crippen LogP contribution in [-0.2, 0) is 0 Å². The van der Waals surface area contributed by atoms with E-state index in [4.69, 9.17) is 4.74 Å². The fraction of sp³-hybridized carbons (Fsp3) is 0.273.